The standard InChI is InChI=1S/C29H37N7O7/c30-20(13-18-8-10-19(37)11-9-18)26(40)35-21-7-4-12-32-28(42)23(15-24(31)38)36-29(43)22(14-17-5-2-1-3-6-17)34-25(39)16-33-27(21)41/h1-3,5-6,8-11,20-23,37H,4,7,12-16,30H2,(H2,31,38)(H,32,42)(H,33,41)(H,34,39)(H,35,40)(H,36,43)/t20-,21+,22-,23-/m0/s1. The fourth-order valence-corrected chi connectivity index (χ4v) is 4.45. The molecule has 2 aromatic rings. The lowest BCUT2D eigenvalue weighted by molar-refractivity contribution is -0.133. The third kappa shape index (κ3) is 10.7. The molecule has 10 N–H and O–H groups in total. The van der Waals surface area contributed by atoms with Gasteiger partial charge in [0.2, 0.25) is 35.4 Å². The molecule has 0 unspecified atom stereocenters. The quantitative estimate of drug-likeness (QED) is 0.167. The number of hydrogen-bond acceptors (Lipinski definition) is 8. The summed E-state index contributed by atoms with van der Waals surface area (Å²) in [5, 5.41) is 22.2. The summed E-state index contributed by atoms with van der Waals surface area (Å²) in [5.74, 6) is -4.10. The number of primary amides is 1. The van der Waals surface area contributed by atoms with Crippen LogP contribution in [0.4, 0.5) is 0 Å². The smallest absolute Gasteiger partial charge is 0.243 e. The van der Waals surface area contributed by atoms with Gasteiger partial charge in [0.1, 0.15) is 23.9 Å². The lowest BCUT2D eigenvalue weighted by atomic mass is 10.0. The number of nitrogens with two attached hydrogens (primary N) is 2. The molecule has 230 valence electrons. The summed E-state index contributed by atoms with van der Waals surface area (Å²) >= 11 is 0. The number of benzene rings is 2. The summed E-state index contributed by atoms with van der Waals surface area (Å²) in [6.45, 7) is -0.445. The second kappa shape index (κ2) is 15.9. The van der Waals surface area contributed by atoms with Crippen molar-refractivity contribution >= 4 is 35.4 Å². The van der Waals surface area contributed by atoms with Gasteiger partial charge in [0.15, 0.2) is 0 Å². The number of nitrogens with one attached hydrogen (secondary N) is 5. The van der Waals surface area contributed by atoms with Gasteiger partial charge >= 0.3 is 0 Å². The molecule has 3 rings (SSSR count). The minimum Gasteiger partial charge on any atom is -0.508 e. The van der Waals surface area contributed by atoms with E-state index in [0.717, 1.165) is 0 Å². The summed E-state index contributed by atoms with van der Waals surface area (Å²) in [6, 6.07) is 10.5. The maximum absolute atomic E-state index is 13.2. The van der Waals surface area contributed by atoms with Crippen molar-refractivity contribution in [1.82, 2.24) is 26.6 Å². The molecule has 14 heteroatoms. The Hall–Kier alpha value is -4.98. The van der Waals surface area contributed by atoms with Gasteiger partial charge in [-0.15, -0.1) is 0 Å². The van der Waals surface area contributed by atoms with Crippen LogP contribution in [0.1, 0.15) is 30.4 Å². The Labute approximate surface area is 248 Å². The lowest BCUT2D eigenvalue weighted by Gasteiger charge is -2.23. The van der Waals surface area contributed by atoms with Gasteiger partial charge in [0, 0.05) is 13.0 Å². The summed E-state index contributed by atoms with van der Waals surface area (Å²) in [6.07, 6.45) is 0.0341. The molecule has 6 amide bonds. The van der Waals surface area contributed by atoms with Gasteiger partial charge in [-0.25, -0.2) is 0 Å². The van der Waals surface area contributed by atoms with E-state index in [0.29, 0.717) is 11.1 Å². The van der Waals surface area contributed by atoms with Gasteiger partial charge < -0.3 is 43.2 Å². The predicted octanol–water partition coefficient (Wildman–Crippen LogP) is -2.14. The summed E-state index contributed by atoms with van der Waals surface area (Å²) in [5.41, 5.74) is 12.8. The zero-order chi connectivity index (χ0) is 31.4. The lowest BCUT2D eigenvalue weighted by Crippen LogP contribution is -2.56. The molecule has 0 radical (unpaired) electrons. The maximum atomic E-state index is 13.2. The molecule has 14 nitrogen and oxygen atoms in total. The van der Waals surface area contributed by atoms with Crippen molar-refractivity contribution in [3.8, 4) is 5.75 Å². The maximum Gasteiger partial charge on any atom is 0.243 e. The van der Waals surface area contributed by atoms with Crippen molar-refractivity contribution in [3.05, 3.63) is 65.7 Å². The van der Waals surface area contributed by atoms with Crippen molar-refractivity contribution in [3.63, 3.8) is 0 Å². The molecule has 1 aliphatic rings. The number of phenolic OH excluding ortho intramolecular Hbond substituents is 1. The highest BCUT2D eigenvalue weighted by Gasteiger charge is 2.30. The topological polar surface area (TPSA) is 235 Å². The van der Waals surface area contributed by atoms with Crippen LogP contribution in [0.2, 0.25) is 0 Å². The fourth-order valence-electron chi connectivity index (χ4n) is 4.45. The molecule has 4 atom stereocenters. The predicted molar refractivity (Wildman–Crippen MR) is 155 cm³/mol. The normalized spacial score (nSPS) is 21.1. The van der Waals surface area contributed by atoms with Crippen molar-refractivity contribution in [1.29, 1.82) is 0 Å². The highest BCUT2D eigenvalue weighted by Crippen LogP contribution is 2.11. The molecule has 0 bridgehead atoms. The minimum atomic E-state index is -1.29. The van der Waals surface area contributed by atoms with Gasteiger partial charge in [-0.1, -0.05) is 42.5 Å². The fraction of sp³-hybridized carbons (Fsp3) is 0.379. The molecule has 0 spiro atoms. The molecule has 2 aromatic carbocycles. The summed E-state index contributed by atoms with van der Waals surface area (Å²) in [7, 11) is 0. The molecule has 0 aliphatic carbocycles. The first kappa shape index (κ1) is 32.5. The van der Waals surface area contributed by atoms with Crippen LogP contribution in [-0.2, 0) is 41.6 Å². The van der Waals surface area contributed by atoms with Crippen LogP contribution in [0.5, 0.6) is 5.75 Å². The SMILES string of the molecule is NC(=O)C[C@@H]1NC(=O)[C@H](Cc2ccccc2)NC(=O)CNC(=O)[C@H](NC(=O)[C@@H](N)Cc2ccc(O)cc2)CCCNC1=O. The third-order valence-electron chi connectivity index (χ3n) is 6.73. The molecule has 1 aliphatic heterocycles. The average Bonchev–Trinajstić information content (AvgIpc) is 2.97. The number of aromatic hydroxyl groups is 1. The summed E-state index contributed by atoms with van der Waals surface area (Å²) in [4.78, 5) is 76.4. The van der Waals surface area contributed by atoms with E-state index in [1.54, 1.807) is 42.5 Å². The van der Waals surface area contributed by atoms with Crippen LogP contribution in [-0.4, -0.2) is 77.8 Å². The zero-order valence-electron chi connectivity index (χ0n) is 23.5. The van der Waals surface area contributed by atoms with Crippen molar-refractivity contribution in [2.75, 3.05) is 13.1 Å². The number of carbonyl (C=O) groups is 6. The largest absolute Gasteiger partial charge is 0.508 e. The van der Waals surface area contributed by atoms with E-state index in [1.807, 2.05) is 0 Å². The average molecular weight is 596 g/mol. The highest BCUT2D eigenvalue weighted by molar-refractivity contribution is 5.96. The van der Waals surface area contributed by atoms with E-state index >= 15 is 0 Å². The number of carbonyl (C=O) groups excluding carboxylic acids is 6. The van der Waals surface area contributed by atoms with Crippen LogP contribution >= 0.6 is 0 Å². The Bertz CT molecular complexity index is 1300. The molecular formula is C29H37N7O7. The van der Waals surface area contributed by atoms with E-state index in [-0.39, 0.29) is 38.0 Å². The molecule has 1 saturated heterocycles. The summed E-state index contributed by atoms with van der Waals surface area (Å²) < 4.78 is 0. The second-order valence-corrected chi connectivity index (χ2v) is 10.2. The van der Waals surface area contributed by atoms with E-state index in [9.17, 15) is 33.9 Å². The Balaban J connectivity index is 1.75. The van der Waals surface area contributed by atoms with Crippen LogP contribution < -0.4 is 38.1 Å². The first-order valence-electron chi connectivity index (χ1n) is 13.8. The van der Waals surface area contributed by atoms with Crippen molar-refractivity contribution in [2.24, 2.45) is 11.5 Å². The van der Waals surface area contributed by atoms with E-state index < -0.39 is 72.6 Å². The Morgan fingerprint density at radius 3 is 2.26 bits per heavy atom. The van der Waals surface area contributed by atoms with Crippen molar-refractivity contribution < 1.29 is 33.9 Å². The van der Waals surface area contributed by atoms with E-state index in [2.05, 4.69) is 26.6 Å². The Morgan fingerprint density at radius 1 is 0.884 bits per heavy atom. The third-order valence-corrected chi connectivity index (χ3v) is 6.73. The number of hydrogen-bond donors (Lipinski definition) is 8. The number of amides is 6. The van der Waals surface area contributed by atoms with Gasteiger partial charge in [-0.2, -0.15) is 0 Å². The monoisotopic (exact) mass is 595 g/mol. The molecular weight excluding hydrogens is 558 g/mol. The van der Waals surface area contributed by atoms with E-state index in [4.69, 9.17) is 11.5 Å². The van der Waals surface area contributed by atoms with Crippen LogP contribution in [0.15, 0.2) is 54.6 Å². The number of rotatable bonds is 8. The van der Waals surface area contributed by atoms with Gasteiger partial charge in [0.05, 0.1) is 19.0 Å². The van der Waals surface area contributed by atoms with Gasteiger partial charge in [-0.3, -0.25) is 28.8 Å². The molecule has 43 heavy (non-hydrogen) atoms. The first-order valence-corrected chi connectivity index (χ1v) is 13.8. The minimum absolute atomic E-state index is 0.0494. The Morgan fingerprint density at radius 2 is 1.58 bits per heavy atom. The Kier molecular flexibility index (Phi) is 12.0. The highest BCUT2D eigenvalue weighted by atomic mass is 16.3. The molecule has 0 saturated carbocycles. The first-order chi connectivity index (χ1) is 20.5. The van der Waals surface area contributed by atoms with E-state index in [1.165, 1.54) is 12.1 Å². The van der Waals surface area contributed by atoms with Crippen LogP contribution in [0.25, 0.3) is 0 Å². The number of phenols is 1. The van der Waals surface area contributed by atoms with Gasteiger partial charge in [-0.05, 0) is 42.5 Å². The van der Waals surface area contributed by atoms with Crippen LogP contribution in [0.3, 0.4) is 0 Å². The molecule has 1 heterocycles. The zero-order valence-corrected chi connectivity index (χ0v) is 23.5. The molecule has 0 aromatic heterocycles. The molecule has 1 fully saturated rings. The second-order valence-electron chi connectivity index (χ2n) is 10.2. The van der Waals surface area contributed by atoms with Gasteiger partial charge in [0.25, 0.3) is 0 Å². The van der Waals surface area contributed by atoms with Crippen LogP contribution in [0, 0.1) is 0 Å². The van der Waals surface area contributed by atoms with Crippen molar-refractivity contribution in [2.45, 2.75) is 56.3 Å².